The Morgan fingerprint density at radius 3 is 2.43 bits per heavy atom. The standard InChI is InChI=1S/C5H5.ClH.Rh/c1-2-4-5-3-1;;/h1-3H,4H2;1H;. The molecule has 0 atom stereocenters. The minimum atomic E-state index is 0. The van der Waals surface area contributed by atoms with Crippen LogP contribution in [0.4, 0.5) is 0 Å². The third-order valence-electron chi connectivity index (χ3n) is 0.709. The molecule has 0 saturated heterocycles. The van der Waals surface area contributed by atoms with Gasteiger partial charge in [-0.2, -0.15) is 0 Å². The molecule has 42 valence electrons. The Morgan fingerprint density at radius 2 is 2.29 bits per heavy atom. The molecule has 0 aromatic heterocycles. The molecular formula is C5H6ClRh. The predicted molar refractivity (Wildman–Crippen MR) is 29.1 cm³/mol. The Balaban J connectivity index is 0.000000360. The van der Waals surface area contributed by atoms with Crippen molar-refractivity contribution in [1.82, 2.24) is 0 Å². The van der Waals surface area contributed by atoms with Crippen LogP contribution in [0.2, 0.25) is 0 Å². The summed E-state index contributed by atoms with van der Waals surface area (Å²) in [5.41, 5.74) is 0. The molecule has 0 nitrogen and oxygen atoms in total. The molecule has 0 aromatic rings. The van der Waals surface area contributed by atoms with E-state index in [0.717, 1.165) is 6.42 Å². The normalized spacial score (nSPS) is 16.0. The Kier molecular flexibility index (Phi) is 3.59. The van der Waals surface area contributed by atoms with Gasteiger partial charge in [0.05, 0.1) is 0 Å². The van der Waals surface area contributed by atoms with Crippen molar-refractivity contribution < 1.29 is 18.3 Å². The van der Waals surface area contributed by atoms with Crippen molar-refractivity contribution >= 4 is 12.4 Å². The molecule has 7 heavy (non-hydrogen) atoms. The SMILES string of the molecule is Cl.[Rh][C]1=CC=CC1. The van der Waals surface area contributed by atoms with Gasteiger partial charge in [-0.05, 0) is 0 Å². The van der Waals surface area contributed by atoms with Crippen molar-refractivity contribution in [2.75, 3.05) is 0 Å². The minimum absolute atomic E-state index is 0. The summed E-state index contributed by atoms with van der Waals surface area (Å²) >= 11 is 2.84. The molecule has 0 saturated carbocycles. The predicted octanol–water partition coefficient (Wildman–Crippen LogP) is 1.80. The average molecular weight is 204 g/mol. The van der Waals surface area contributed by atoms with Gasteiger partial charge in [-0.1, -0.05) is 0 Å². The summed E-state index contributed by atoms with van der Waals surface area (Å²) < 4.78 is 1.36. The van der Waals surface area contributed by atoms with Crippen LogP contribution >= 0.6 is 12.4 Å². The Labute approximate surface area is 59.8 Å². The van der Waals surface area contributed by atoms with Gasteiger partial charge in [-0.15, -0.1) is 12.4 Å². The average Bonchev–Trinajstić information content (AvgIpc) is 1.86. The Bertz CT molecular complexity index is 105. The van der Waals surface area contributed by atoms with E-state index in [0.29, 0.717) is 0 Å². The van der Waals surface area contributed by atoms with Crippen LogP contribution in [0.25, 0.3) is 0 Å². The second-order valence-electron chi connectivity index (χ2n) is 1.22. The summed E-state index contributed by atoms with van der Waals surface area (Å²) in [6.45, 7) is 0. The van der Waals surface area contributed by atoms with Crippen LogP contribution in [-0.2, 0) is 18.3 Å². The van der Waals surface area contributed by atoms with Crippen molar-refractivity contribution in [3.63, 3.8) is 0 Å². The van der Waals surface area contributed by atoms with Crippen LogP contribution in [0.5, 0.6) is 0 Å². The molecule has 0 bridgehead atoms. The molecule has 0 spiro atoms. The molecule has 0 radical (unpaired) electrons. The van der Waals surface area contributed by atoms with E-state index in [9.17, 15) is 0 Å². The summed E-state index contributed by atoms with van der Waals surface area (Å²) in [6, 6.07) is 0. The Morgan fingerprint density at radius 1 is 1.57 bits per heavy atom. The monoisotopic (exact) mass is 204 g/mol. The van der Waals surface area contributed by atoms with E-state index in [1.165, 1.54) is 4.17 Å². The first-order valence-corrected chi connectivity index (χ1v) is 2.70. The van der Waals surface area contributed by atoms with Gasteiger partial charge in [0.2, 0.25) is 0 Å². The quantitative estimate of drug-likeness (QED) is 0.528. The van der Waals surface area contributed by atoms with Crippen LogP contribution in [0, 0.1) is 0 Å². The van der Waals surface area contributed by atoms with E-state index in [1.807, 2.05) is 0 Å². The van der Waals surface area contributed by atoms with E-state index in [-0.39, 0.29) is 12.4 Å². The van der Waals surface area contributed by atoms with E-state index < -0.39 is 0 Å². The van der Waals surface area contributed by atoms with Crippen LogP contribution in [0.3, 0.4) is 0 Å². The van der Waals surface area contributed by atoms with Gasteiger partial charge in [0, 0.05) is 0 Å². The maximum absolute atomic E-state index is 2.84. The van der Waals surface area contributed by atoms with E-state index in [2.05, 4.69) is 36.5 Å². The van der Waals surface area contributed by atoms with Crippen LogP contribution in [-0.4, -0.2) is 0 Å². The third-order valence-corrected chi connectivity index (χ3v) is 1.32. The first-order chi connectivity index (χ1) is 2.89. The van der Waals surface area contributed by atoms with Gasteiger partial charge in [-0.3, -0.25) is 0 Å². The molecule has 0 aromatic carbocycles. The van der Waals surface area contributed by atoms with E-state index in [4.69, 9.17) is 0 Å². The van der Waals surface area contributed by atoms with Crippen molar-refractivity contribution in [3.8, 4) is 0 Å². The summed E-state index contributed by atoms with van der Waals surface area (Å²) in [7, 11) is 0. The molecule has 1 aliphatic rings. The van der Waals surface area contributed by atoms with Gasteiger partial charge in [0.25, 0.3) is 0 Å². The van der Waals surface area contributed by atoms with Gasteiger partial charge >= 0.3 is 47.1 Å². The summed E-state index contributed by atoms with van der Waals surface area (Å²) in [6.07, 6.45) is 7.41. The fourth-order valence-electron chi connectivity index (χ4n) is 0.412. The summed E-state index contributed by atoms with van der Waals surface area (Å²) in [5, 5.41) is 0. The fourth-order valence-corrected chi connectivity index (χ4v) is 0.762. The molecule has 0 unspecified atom stereocenters. The number of hydrogen-bond acceptors (Lipinski definition) is 0. The van der Waals surface area contributed by atoms with E-state index >= 15 is 0 Å². The Hall–Kier alpha value is 0.393. The molecule has 0 heterocycles. The number of halogens is 1. The summed E-state index contributed by atoms with van der Waals surface area (Å²) in [4.78, 5) is 0. The third kappa shape index (κ3) is 2.26. The van der Waals surface area contributed by atoms with Crippen molar-refractivity contribution in [1.29, 1.82) is 0 Å². The second kappa shape index (κ2) is 3.40. The van der Waals surface area contributed by atoms with Crippen molar-refractivity contribution in [2.45, 2.75) is 6.42 Å². The zero-order valence-corrected chi connectivity index (χ0v) is 6.14. The van der Waals surface area contributed by atoms with Gasteiger partial charge in [0.15, 0.2) is 0 Å². The molecule has 1 aliphatic carbocycles. The van der Waals surface area contributed by atoms with Crippen molar-refractivity contribution in [3.05, 3.63) is 22.4 Å². The first kappa shape index (κ1) is 7.39. The molecule has 0 aliphatic heterocycles. The fraction of sp³-hybridized carbons (Fsp3) is 0.200. The van der Waals surface area contributed by atoms with Gasteiger partial charge < -0.3 is 0 Å². The number of hydrogen-bond donors (Lipinski definition) is 0. The van der Waals surface area contributed by atoms with Crippen LogP contribution in [0.15, 0.2) is 22.4 Å². The zero-order valence-electron chi connectivity index (χ0n) is 3.68. The zero-order chi connectivity index (χ0) is 4.41. The van der Waals surface area contributed by atoms with Crippen molar-refractivity contribution in [2.24, 2.45) is 0 Å². The van der Waals surface area contributed by atoms with Gasteiger partial charge in [-0.25, -0.2) is 0 Å². The van der Waals surface area contributed by atoms with Gasteiger partial charge in [0.1, 0.15) is 0 Å². The molecule has 0 fully saturated rings. The van der Waals surface area contributed by atoms with E-state index in [1.54, 1.807) is 0 Å². The topological polar surface area (TPSA) is 0 Å². The van der Waals surface area contributed by atoms with Crippen LogP contribution in [0.1, 0.15) is 6.42 Å². The summed E-state index contributed by atoms with van der Waals surface area (Å²) in [5.74, 6) is 0. The molecular weight excluding hydrogens is 198 g/mol. The second-order valence-corrected chi connectivity index (χ2v) is 2.27. The first-order valence-electron chi connectivity index (χ1n) is 1.88. The maximum atomic E-state index is 2.84. The van der Waals surface area contributed by atoms with Crippen LogP contribution < -0.4 is 0 Å². The number of rotatable bonds is 0. The molecule has 0 amide bonds. The molecule has 0 N–H and O–H groups in total. The molecule has 1 rings (SSSR count). The number of allylic oxidation sites excluding steroid dienone is 4. The molecule has 2 heteroatoms.